The minimum Gasteiger partial charge on any atom is -0.322 e. The number of carbonyl (C=O) groups excluding carboxylic acids is 2. The molecule has 1 aliphatic heterocycles. The Morgan fingerprint density at radius 1 is 1.00 bits per heavy atom. The summed E-state index contributed by atoms with van der Waals surface area (Å²) in [6.07, 6.45) is 1.64. The lowest BCUT2D eigenvalue weighted by Crippen LogP contribution is -2.32. The maximum absolute atomic E-state index is 12.8. The number of fused-ring (bicyclic) bond motifs is 1. The fourth-order valence-electron chi connectivity index (χ4n) is 3.25. The molecule has 1 N–H and O–H groups in total. The molecule has 0 fully saturated rings. The van der Waals surface area contributed by atoms with Gasteiger partial charge in [0.2, 0.25) is 6.04 Å². The standard InChI is InChI=1S/C26H17N4O2/c1-17-6-7-25-24(10-17)28-16-30(25)9-8-19-11-20(15-27)13-22(12-19)26(32)29-23-5-3-4-21(14-23)18(2)31/h3-7,10-14,16H,1-2H3/q+1/p+1. The highest BCUT2D eigenvalue weighted by Crippen LogP contribution is 2.15. The first-order chi connectivity index (χ1) is 15.4. The molecular weight excluding hydrogens is 400 g/mol. The number of hydrogen-bond donors (Lipinski definition) is 1. The van der Waals surface area contributed by atoms with Gasteiger partial charge in [0.1, 0.15) is 0 Å². The molecule has 1 heterocycles. The summed E-state index contributed by atoms with van der Waals surface area (Å²) in [4.78, 5) is 24.4. The molecule has 0 saturated carbocycles. The maximum Gasteiger partial charge on any atom is 0.537 e. The van der Waals surface area contributed by atoms with Crippen LogP contribution in [-0.2, 0) is 0 Å². The molecule has 0 radical (unpaired) electrons. The zero-order valence-electron chi connectivity index (χ0n) is 17.5. The topological polar surface area (TPSA) is 87.1 Å². The molecular formula is C26H18N4O2+2. The van der Waals surface area contributed by atoms with Gasteiger partial charge in [0.15, 0.2) is 5.78 Å². The quantitative estimate of drug-likeness (QED) is 0.303. The number of nitrogens with one attached hydrogen (secondary N) is 1. The Morgan fingerprint density at radius 2 is 1.81 bits per heavy atom. The lowest BCUT2D eigenvalue weighted by molar-refractivity contribution is 0.101. The number of anilines is 1. The molecule has 6 heteroatoms. The second kappa shape index (κ2) is 8.53. The van der Waals surface area contributed by atoms with Gasteiger partial charge in [-0.1, -0.05) is 18.2 Å². The summed E-state index contributed by atoms with van der Waals surface area (Å²) in [5, 5.41) is 13.9. The van der Waals surface area contributed by atoms with Gasteiger partial charge in [-0.15, -0.1) is 0 Å². The van der Waals surface area contributed by atoms with Crippen LogP contribution in [0.1, 0.15) is 44.3 Å². The Bertz CT molecular complexity index is 1560. The van der Waals surface area contributed by atoms with Gasteiger partial charge in [0.05, 0.1) is 11.6 Å². The van der Waals surface area contributed by atoms with Gasteiger partial charge in [-0.2, -0.15) is 5.26 Å². The number of nitrogens with zero attached hydrogens (tertiary/aromatic N) is 3. The fraction of sp³-hybridized carbons (Fsp3) is 0.0769. The number of amides is 1. The first-order valence-electron chi connectivity index (χ1n) is 9.86. The molecule has 1 aliphatic rings. The molecule has 0 bridgehead atoms. The molecule has 3 aromatic carbocycles. The van der Waals surface area contributed by atoms with E-state index in [0.717, 1.165) is 16.3 Å². The van der Waals surface area contributed by atoms with Gasteiger partial charge in [-0.3, -0.25) is 9.59 Å². The summed E-state index contributed by atoms with van der Waals surface area (Å²) in [6.45, 7) is 3.47. The number of carbonyl (C=O) groups is 2. The van der Waals surface area contributed by atoms with Crippen LogP contribution in [0.4, 0.5) is 5.69 Å². The highest BCUT2D eigenvalue weighted by Gasteiger charge is 2.18. The van der Waals surface area contributed by atoms with E-state index in [1.54, 1.807) is 47.3 Å². The number of aryl methyl sites for hydroxylation is 1. The third-order valence-electron chi connectivity index (χ3n) is 4.87. The molecule has 152 valence electrons. The predicted molar refractivity (Wildman–Crippen MR) is 121 cm³/mol. The number of hydrogen-bond acceptors (Lipinski definition) is 3. The molecule has 0 aromatic heterocycles. The molecule has 0 saturated heterocycles. The number of benzene rings is 3. The molecule has 0 unspecified atom stereocenters. The molecule has 32 heavy (non-hydrogen) atoms. The largest absolute Gasteiger partial charge is 0.537 e. The molecule has 0 spiro atoms. The summed E-state index contributed by atoms with van der Waals surface area (Å²) in [7, 11) is 0. The minimum absolute atomic E-state index is 0.0904. The van der Waals surface area contributed by atoms with E-state index in [2.05, 4.69) is 28.0 Å². The molecule has 0 aliphatic carbocycles. The van der Waals surface area contributed by atoms with Gasteiger partial charge in [0.25, 0.3) is 5.91 Å². The van der Waals surface area contributed by atoms with Crippen molar-refractivity contribution in [1.29, 1.82) is 5.26 Å². The van der Waals surface area contributed by atoms with Crippen molar-refractivity contribution in [3.05, 3.63) is 99.2 Å². The third kappa shape index (κ3) is 4.37. The van der Waals surface area contributed by atoms with Gasteiger partial charge >= 0.3 is 17.1 Å². The number of ketones is 1. The van der Waals surface area contributed by atoms with Gasteiger partial charge in [-0.05, 0) is 59.0 Å². The van der Waals surface area contributed by atoms with Crippen molar-refractivity contribution in [2.45, 2.75) is 13.8 Å². The Balaban J connectivity index is 1.65. The van der Waals surface area contributed by atoms with E-state index in [9.17, 15) is 14.9 Å². The van der Waals surface area contributed by atoms with Crippen LogP contribution in [0.3, 0.4) is 0 Å². The van der Waals surface area contributed by atoms with Crippen molar-refractivity contribution in [2.75, 3.05) is 5.32 Å². The lowest BCUT2D eigenvalue weighted by Gasteiger charge is -2.07. The maximum atomic E-state index is 12.8. The van der Waals surface area contributed by atoms with Crippen molar-refractivity contribution in [3.8, 4) is 18.0 Å². The van der Waals surface area contributed by atoms with E-state index >= 15 is 0 Å². The first kappa shape index (κ1) is 20.5. The number of rotatable bonds is 3. The average Bonchev–Trinajstić information content (AvgIpc) is 3.19. The number of Topliss-reactive ketones (excluding diaryl/α,β-unsaturated/α-hetero) is 1. The monoisotopic (exact) mass is 418 g/mol. The fourth-order valence-corrected chi connectivity index (χ4v) is 3.25. The highest BCUT2D eigenvalue weighted by molar-refractivity contribution is 6.05. The lowest BCUT2D eigenvalue weighted by atomic mass is 10.1. The van der Waals surface area contributed by atoms with Gasteiger partial charge in [0, 0.05) is 40.4 Å². The number of nitriles is 1. The van der Waals surface area contributed by atoms with E-state index in [0.29, 0.717) is 27.9 Å². The van der Waals surface area contributed by atoms with Crippen LogP contribution in [0.15, 0.2) is 60.7 Å². The Hall–Kier alpha value is -4.77. The van der Waals surface area contributed by atoms with Crippen molar-refractivity contribution in [1.82, 2.24) is 9.24 Å². The van der Waals surface area contributed by atoms with Crippen molar-refractivity contribution < 1.29 is 9.59 Å². The van der Waals surface area contributed by atoms with Crippen molar-refractivity contribution in [3.63, 3.8) is 0 Å². The van der Waals surface area contributed by atoms with E-state index in [4.69, 9.17) is 0 Å². The predicted octanol–water partition coefficient (Wildman–Crippen LogP) is 1.55. The SMILES string of the molecule is CC(=O)c1cccc(NC(=O)c2cc(C#N)cc(C#C[N+]3=c4ccc(C)cc4=[N+]=C3)c2)c1. The zero-order valence-corrected chi connectivity index (χ0v) is 17.5. The van der Waals surface area contributed by atoms with Crippen LogP contribution in [0.5, 0.6) is 0 Å². The smallest absolute Gasteiger partial charge is 0.322 e. The Kier molecular flexibility index (Phi) is 5.47. The Labute approximate surface area is 184 Å². The summed E-state index contributed by atoms with van der Waals surface area (Å²) in [5.41, 5.74) is 3.27. The van der Waals surface area contributed by atoms with Crippen LogP contribution in [-0.4, -0.2) is 18.0 Å². The van der Waals surface area contributed by atoms with E-state index in [1.807, 2.05) is 25.1 Å². The Morgan fingerprint density at radius 3 is 2.59 bits per heavy atom. The molecule has 0 atom stereocenters. The molecule has 4 rings (SSSR count). The van der Waals surface area contributed by atoms with Crippen molar-refractivity contribution >= 4 is 23.7 Å². The van der Waals surface area contributed by atoms with E-state index < -0.39 is 5.91 Å². The second-order valence-corrected chi connectivity index (χ2v) is 7.35. The molecule has 3 aromatic rings. The van der Waals surface area contributed by atoms with E-state index in [-0.39, 0.29) is 5.78 Å². The van der Waals surface area contributed by atoms with Crippen LogP contribution < -0.4 is 25.3 Å². The highest BCUT2D eigenvalue weighted by atomic mass is 16.1. The summed E-state index contributed by atoms with van der Waals surface area (Å²) >= 11 is 0. The first-order valence-corrected chi connectivity index (χ1v) is 9.86. The third-order valence-corrected chi connectivity index (χ3v) is 4.87. The average molecular weight is 418 g/mol. The zero-order chi connectivity index (χ0) is 22.7. The van der Waals surface area contributed by atoms with E-state index in [1.165, 1.54) is 13.0 Å². The van der Waals surface area contributed by atoms with Gasteiger partial charge < -0.3 is 5.32 Å². The normalized spacial score (nSPS) is 11.0. The van der Waals surface area contributed by atoms with Crippen LogP contribution in [0.2, 0.25) is 0 Å². The van der Waals surface area contributed by atoms with Gasteiger partial charge in [-0.25, -0.2) is 0 Å². The minimum atomic E-state index is -0.394. The van der Waals surface area contributed by atoms with Crippen LogP contribution in [0.25, 0.3) is 0 Å². The molecule has 1 amide bonds. The summed E-state index contributed by atoms with van der Waals surface area (Å²) < 4.78 is 6.07. The molecule has 6 nitrogen and oxygen atoms in total. The van der Waals surface area contributed by atoms with Crippen LogP contribution in [0, 0.1) is 30.2 Å². The summed E-state index contributed by atoms with van der Waals surface area (Å²) in [6, 6.07) is 22.5. The van der Waals surface area contributed by atoms with Crippen molar-refractivity contribution in [2.24, 2.45) is 0 Å². The van der Waals surface area contributed by atoms with Crippen LogP contribution >= 0.6 is 0 Å². The summed E-state index contributed by atoms with van der Waals surface area (Å²) in [5.74, 6) is 2.52. The second-order valence-electron chi connectivity index (χ2n) is 7.35.